The molecule has 0 saturated carbocycles. The monoisotopic (exact) mass is 774 g/mol. The molecular weight excluding hydrogens is 745 g/mol. The van der Waals surface area contributed by atoms with Crippen LogP contribution in [0.4, 0.5) is 0 Å². The van der Waals surface area contributed by atoms with Crippen LogP contribution in [0, 0.1) is 0 Å². The molecule has 0 aliphatic carbocycles. The zero-order valence-electron chi connectivity index (χ0n) is 31.7. The maximum Gasteiger partial charge on any atom is 0.227 e. The van der Waals surface area contributed by atoms with Gasteiger partial charge in [-0.2, -0.15) is 0 Å². The molecule has 4 aromatic heterocycles. The van der Waals surface area contributed by atoms with Gasteiger partial charge in [0.25, 0.3) is 0 Å². The summed E-state index contributed by atoms with van der Waals surface area (Å²) in [7, 11) is 0. The average Bonchev–Trinajstić information content (AvgIpc) is 3.97. The van der Waals surface area contributed by atoms with Gasteiger partial charge >= 0.3 is 0 Å². The Kier molecular flexibility index (Phi) is 8.55. The molecule has 0 atom stereocenters. The molecule has 7 aromatic carbocycles. The molecule has 282 valence electrons. The predicted molar refractivity (Wildman–Crippen MR) is 232 cm³/mol. The van der Waals surface area contributed by atoms with E-state index >= 15 is 0 Å². The van der Waals surface area contributed by atoms with Crippen molar-refractivity contribution < 1.29 is 8.83 Å². The van der Waals surface area contributed by atoms with Crippen LogP contribution in [0.15, 0.2) is 191 Å². The Balaban J connectivity index is 0.885. The van der Waals surface area contributed by atoms with Gasteiger partial charge in [0.1, 0.15) is 11.0 Å². The first-order valence-corrected chi connectivity index (χ1v) is 19.3. The highest BCUT2D eigenvalue weighted by molar-refractivity contribution is 5.83. The normalized spacial score (nSPS) is 11.3. The molecule has 60 heavy (non-hydrogen) atoms. The fraction of sp³-hybridized carbons (Fsp3) is 0. The molecule has 10 heteroatoms. The SMILES string of the molecule is c1ccc(-c2nc(-c3ccccc3)nc(-c3ccc4nc(-c5ccc(-c6nc7ccc(-c8nc(-c9ccccc9)nc(-c9ccccc9)n8)cc7o6)cc5)oc4c3)n2)cc1. The van der Waals surface area contributed by atoms with Crippen LogP contribution < -0.4 is 0 Å². The van der Waals surface area contributed by atoms with Gasteiger partial charge in [-0.25, -0.2) is 39.9 Å². The number of benzene rings is 7. The molecule has 0 aliphatic heterocycles. The van der Waals surface area contributed by atoms with Crippen molar-refractivity contribution in [2.24, 2.45) is 0 Å². The van der Waals surface area contributed by atoms with Gasteiger partial charge in [-0.3, -0.25) is 0 Å². The van der Waals surface area contributed by atoms with Gasteiger partial charge in [0.2, 0.25) is 11.8 Å². The molecular formula is C50H30N8O2. The molecule has 0 spiro atoms. The van der Waals surface area contributed by atoms with Gasteiger partial charge in [-0.1, -0.05) is 121 Å². The van der Waals surface area contributed by atoms with Crippen LogP contribution in [-0.2, 0) is 0 Å². The van der Waals surface area contributed by atoms with Gasteiger partial charge in [0.15, 0.2) is 46.1 Å². The molecule has 0 amide bonds. The predicted octanol–water partition coefficient (Wildman–Crippen LogP) is 11.7. The third-order valence-corrected chi connectivity index (χ3v) is 10.1. The molecule has 10 nitrogen and oxygen atoms in total. The van der Waals surface area contributed by atoms with E-state index in [0.29, 0.717) is 57.9 Å². The maximum atomic E-state index is 6.33. The lowest BCUT2D eigenvalue weighted by molar-refractivity contribution is 0.617. The molecule has 0 saturated heterocycles. The van der Waals surface area contributed by atoms with E-state index in [4.69, 9.17) is 48.7 Å². The number of rotatable bonds is 8. The van der Waals surface area contributed by atoms with E-state index in [1.165, 1.54) is 0 Å². The fourth-order valence-electron chi connectivity index (χ4n) is 7.01. The lowest BCUT2D eigenvalue weighted by Crippen LogP contribution is -2.00. The molecule has 0 N–H and O–H groups in total. The number of oxazole rings is 2. The fourth-order valence-corrected chi connectivity index (χ4v) is 7.01. The summed E-state index contributed by atoms with van der Waals surface area (Å²) in [5.74, 6) is 4.43. The summed E-state index contributed by atoms with van der Waals surface area (Å²) in [5, 5.41) is 0. The molecule has 0 aliphatic rings. The van der Waals surface area contributed by atoms with E-state index in [9.17, 15) is 0 Å². The van der Waals surface area contributed by atoms with Crippen molar-refractivity contribution in [2.75, 3.05) is 0 Å². The topological polar surface area (TPSA) is 129 Å². The van der Waals surface area contributed by atoms with E-state index in [1.807, 2.05) is 182 Å². The summed E-state index contributed by atoms with van der Waals surface area (Å²) in [4.78, 5) is 38.7. The van der Waals surface area contributed by atoms with Crippen LogP contribution in [0.3, 0.4) is 0 Å². The maximum absolute atomic E-state index is 6.33. The quantitative estimate of drug-likeness (QED) is 0.147. The summed E-state index contributed by atoms with van der Waals surface area (Å²) < 4.78 is 12.7. The van der Waals surface area contributed by atoms with Crippen LogP contribution in [0.25, 0.3) is 113 Å². The summed E-state index contributed by atoms with van der Waals surface area (Å²) >= 11 is 0. The van der Waals surface area contributed by atoms with Crippen molar-refractivity contribution in [3.05, 3.63) is 182 Å². The molecule has 11 aromatic rings. The number of fused-ring (bicyclic) bond motifs is 2. The van der Waals surface area contributed by atoms with E-state index in [-0.39, 0.29) is 0 Å². The smallest absolute Gasteiger partial charge is 0.227 e. The highest BCUT2D eigenvalue weighted by Gasteiger charge is 2.17. The second-order valence-electron chi connectivity index (χ2n) is 14.1. The first-order chi connectivity index (χ1) is 29.7. The van der Waals surface area contributed by atoms with E-state index in [1.54, 1.807) is 0 Å². The van der Waals surface area contributed by atoms with Crippen molar-refractivity contribution >= 4 is 22.2 Å². The van der Waals surface area contributed by atoms with Crippen LogP contribution >= 0.6 is 0 Å². The van der Waals surface area contributed by atoms with Crippen molar-refractivity contribution in [1.29, 1.82) is 0 Å². The Morgan fingerprint density at radius 2 is 0.500 bits per heavy atom. The van der Waals surface area contributed by atoms with Crippen molar-refractivity contribution in [3.8, 4) is 91.2 Å². The van der Waals surface area contributed by atoms with Gasteiger partial charge in [0.05, 0.1) is 0 Å². The Hall–Kier alpha value is -8.50. The summed E-state index contributed by atoms with van der Waals surface area (Å²) in [5.41, 5.74) is 9.51. The Morgan fingerprint density at radius 3 is 0.800 bits per heavy atom. The van der Waals surface area contributed by atoms with Crippen molar-refractivity contribution in [3.63, 3.8) is 0 Å². The van der Waals surface area contributed by atoms with Gasteiger partial charge in [-0.05, 0) is 60.7 Å². The standard InChI is InChI=1S/C50H30N8O2/c1-5-13-31(14-6-1)43-53-44(32-15-7-2-8-16-32)56-47(55-43)37-25-27-39-41(29-37)59-49(51-39)35-21-23-36(24-22-35)50-52-40-28-26-38(30-42(40)60-50)48-57-45(33-17-9-3-10-18-33)54-46(58-48)34-19-11-4-12-20-34/h1-30H. The van der Waals surface area contributed by atoms with Gasteiger partial charge in [0, 0.05) is 44.5 Å². The van der Waals surface area contributed by atoms with E-state index in [0.717, 1.165) is 55.5 Å². The largest absolute Gasteiger partial charge is 0.436 e. The molecule has 0 unspecified atom stereocenters. The summed E-state index contributed by atoms with van der Waals surface area (Å²) in [6, 6.07) is 59.0. The highest BCUT2D eigenvalue weighted by Crippen LogP contribution is 2.33. The minimum absolute atomic E-state index is 0.489. The number of hydrogen-bond donors (Lipinski definition) is 0. The third kappa shape index (κ3) is 6.73. The number of nitrogens with zero attached hydrogens (tertiary/aromatic N) is 8. The van der Waals surface area contributed by atoms with Crippen LogP contribution in [0.2, 0.25) is 0 Å². The lowest BCUT2D eigenvalue weighted by atomic mass is 10.1. The second-order valence-corrected chi connectivity index (χ2v) is 14.1. The zero-order valence-corrected chi connectivity index (χ0v) is 31.7. The molecule has 0 radical (unpaired) electrons. The van der Waals surface area contributed by atoms with Crippen molar-refractivity contribution in [2.45, 2.75) is 0 Å². The summed E-state index contributed by atoms with van der Waals surface area (Å²) in [6.07, 6.45) is 0. The van der Waals surface area contributed by atoms with Crippen molar-refractivity contribution in [1.82, 2.24) is 39.9 Å². The molecule has 11 rings (SSSR count). The lowest BCUT2D eigenvalue weighted by Gasteiger charge is -2.08. The van der Waals surface area contributed by atoms with Crippen LogP contribution in [-0.4, -0.2) is 39.9 Å². The average molecular weight is 775 g/mol. The van der Waals surface area contributed by atoms with E-state index in [2.05, 4.69) is 0 Å². The third-order valence-electron chi connectivity index (χ3n) is 10.1. The molecule has 0 fully saturated rings. The first kappa shape index (κ1) is 34.7. The molecule has 0 bridgehead atoms. The van der Waals surface area contributed by atoms with Crippen LogP contribution in [0.1, 0.15) is 0 Å². The zero-order chi connectivity index (χ0) is 39.8. The number of hydrogen-bond acceptors (Lipinski definition) is 10. The minimum Gasteiger partial charge on any atom is -0.436 e. The van der Waals surface area contributed by atoms with Crippen LogP contribution in [0.5, 0.6) is 0 Å². The summed E-state index contributed by atoms with van der Waals surface area (Å²) in [6.45, 7) is 0. The second kappa shape index (κ2) is 14.8. The van der Waals surface area contributed by atoms with Gasteiger partial charge < -0.3 is 8.83 Å². The first-order valence-electron chi connectivity index (χ1n) is 19.3. The minimum atomic E-state index is 0.489. The number of aromatic nitrogens is 8. The van der Waals surface area contributed by atoms with Gasteiger partial charge in [-0.15, -0.1) is 0 Å². The van der Waals surface area contributed by atoms with E-state index < -0.39 is 0 Å². The molecule has 4 heterocycles. The highest BCUT2D eigenvalue weighted by atomic mass is 16.4. The Labute approximate surface area is 343 Å². The Morgan fingerprint density at radius 1 is 0.233 bits per heavy atom. The Bertz CT molecular complexity index is 2960.